The van der Waals surface area contributed by atoms with Crippen LogP contribution in [0.4, 0.5) is 0 Å². The van der Waals surface area contributed by atoms with Gasteiger partial charge in [-0.15, -0.1) is 0 Å². The molecule has 2 heteroatoms. The third-order valence-electron chi connectivity index (χ3n) is 6.39. The number of benzene rings is 3. The van der Waals surface area contributed by atoms with Crippen molar-refractivity contribution >= 4 is 0 Å². The topological polar surface area (TPSA) is 7.76 Å². The fourth-order valence-corrected chi connectivity index (χ4v) is 4.51. The fraction of sp³-hybridized carbons (Fsp3) is 0.0968. The summed E-state index contributed by atoms with van der Waals surface area (Å²) in [6, 6.07) is 36.8. The van der Waals surface area contributed by atoms with E-state index in [2.05, 4.69) is 146 Å². The molecule has 0 aliphatic heterocycles. The molecule has 2 aromatic heterocycles. The first-order valence-electron chi connectivity index (χ1n) is 11.3. The molecule has 160 valence electrons. The van der Waals surface area contributed by atoms with Gasteiger partial charge in [0.25, 0.3) is 0 Å². The number of aryl methyl sites for hydroxylation is 2. The van der Waals surface area contributed by atoms with E-state index in [1.807, 2.05) is 0 Å². The maximum atomic E-state index is 2.33. The summed E-state index contributed by atoms with van der Waals surface area (Å²) in [7, 11) is 4.22. The molecular formula is C31H28N2+2. The van der Waals surface area contributed by atoms with Crippen LogP contribution in [0.3, 0.4) is 0 Å². The number of rotatable bonds is 4. The van der Waals surface area contributed by atoms with Gasteiger partial charge < -0.3 is 0 Å². The number of nitrogens with zero attached hydrogens (tertiary/aromatic N) is 2. The van der Waals surface area contributed by atoms with Gasteiger partial charge in [-0.25, -0.2) is 9.13 Å². The van der Waals surface area contributed by atoms with E-state index in [4.69, 9.17) is 0 Å². The summed E-state index contributed by atoms with van der Waals surface area (Å²) in [5.74, 6) is 0. The minimum atomic E-state index is 1.21. The maximum absolute atomic E-state index is 2.33. The van der Waals surface area contributed by atoms with E-state index in [1.54, 1.807) is 0 Å². The van der Waals surface area contributed by atoms with Gasteiger partial charge in [0.1, 0.15) is 14.1 Å². The third kappa shape index (κ3) is 4.08. The van der Waals surface area contributed by atoms with Gasteiger partial charge in [-0.1, -0.05) is 54.6 Å². The van der Waals surface area contributed by atoms with Gasteiger partial charge in [-0.05, 0) is 59.0 Å². The zero-order valence-corrected chi connectivity index (χ0v) is 19.4. The Bertz CT molecular complexity index is 1350. The Morgan fingerprint density at radius 2 is 0.879 bits per heavy atom. The van der Waals surface area contributed by atoms with Crippen LogP contribution in [0.1, 0.15) is 5.56 Å². The van der Waals surface area contributed by atoms with Crippen LogP contribution in [-0.4, -0.2) is 0 Å². The second-order valence-corrected chi connectivity index (χ2v) is 8.53. The summed E-state index contributed by atoms with van der Waals surface area (Å²) in [4.78, 5) is 0. The molecule has 3 aromatic carbocycles. The van der Waals surface area contributed by atoms with E-state index in [0.29, 0.717) is 0 Å². The normalized spacial score (nSPS) is 10.9. The second kappa shape index (κ2) is 8.84. The number of hydrogen-bond donors (Lipinski definition) is 0. The first kappa shape index (κ1) is 20.8. The van der Waals surface area contributed by atoms with Crippen LogP contribution in [0.25, 0.3) is 44.8 Å². The van der Waals surface area contributed by atoms with E-state index in [9.17, 15) is 0 Å². The second-order valence-electron chi connectivity index (χ2n) is 8.53. The molecule has 33 heavy (non-hydrogen) atoms. The highest BCUT2D eigenvalue weighted by Gasteiger charge is 2.20. The molecular weight excluding hydrogens is 400 g/mol. The third-order valence-corrected chi connectivity index (χ3v) is 6.39. The van der Waals surface area contributed by atoms with Gasteiger partial charge in [0.2, 0.25) is 11.4 Å². The molecule has 0 aliphatic rings. The average Bonchev–Trinajstić information content (AvgIpc) is 2.86. The SMILES string of the molecule is Cc1c(-c2cccc[n+]2C)cc(-c2ccc(-c3ccccc3)cc2)cc1-c1cccc[n+]1C. The van der Waals surface area contributed by atoms with Crippen LogP contribution in [0, 0.1) is 6.92 Å². The minimum absolute atomic E-state index is 1.21. The molecule has 0 spiro atoms. The molecule has 0 saturated carbocycles. The molecule has 0 saturated heterocycles. The largest absolute Gasteiger partial charge is 0.212 e. The van der Waals surface area contributed by atoms with Crippen molar-refractivity contribution in [3.05, 3.63) is 121 Å². The molecule has 0 atom stereocenters. The lowest BCUT2D eigenvalue weighted by Crippen LogP contribution is -2.31. The first-order valence-corrected chi connectivity index (χ1v) is 11.3. The van der Waals surface area contributed by atoms with Gasteiger partial charge in [0.15, 0.2) is 12.4 Å². The van der Waals surface area contributed by atoms with Crippen LogP contribution in [0.2, 0.25) is 0 Å². The molecule has 0 fully saturated rings. The van der Waals surface area contributed by atoms with Crippen LogP contribution in [0.15, 0.2) is 116 Å². The van der Waals surface area contributed by atoms with Gasteiger partial charge in [-0.3, -0.25) is 0 Å². The van der Waals surface area contributed by atoms with Crippen molar-refractivity contribution in [2.24, 2.45) is 14.1 Å². The van der Waals surface area contributed by atoms with Crippen molar-refractivity contribution in [1.82, 2.24) is 0 Å². The van der Waals surface area contributed by atoms with Crippen molar-refractivity contribution < 1.29 is 9.13 Å². The lowest BCUT2D eigenvalue weighted by Gasteiger charge is -2.13. The molecule has 0 bridgehead atoms. The van der Waals surface area contributed by atoms with E-state index < -0.39 is 0 Å². The highest BCUT2D eigenvalue weighted by atomic mass is 14.9. The van der Waals surface area contributed by atoms with Crippen molar-refractivity contribution in [3.63, 3.8) is 0 Å². The van der Waals surface area contributed by atoms with Crippen molar-refractivity contribution in [2.45, 2.75) is 6.92 Å². The molecule has 2 heterocycles. The number of pyridine rings is 2. The van der Waals surface area contributed by atoms with Crippen molar-refractivity contribution in [3.8, 4) is 44.8 Å². The monoisotopic (exact) mass is 428 g/mol. The van der Waals surface area contributed by atoms with Crippen molar-refractivity contribution in [2.75, 3.05) is 0 Å². The van der Waals surface area contributed by atoms with Crippen LogP contribution >= 0.6 is 0 Å². The van der Waals surface area contributed by atoms with Crippen molar-refractivity contribution in [1.29, 1.82) is 0 Å². The van der Waals surface area contributed by atoms with E-state index in [0.717, 1.165) is 0 Å². The highest BCUT2D eigenvalue weighted by molar-refractivity contribution is 5.82. The van der Waals surface area contributed by atoms with Gasteiger partial charge in [0.05, 0.1) is 11.1 Å². The van der Waals surface area contributed by atoms with Gasteiger partial charge in [-0.2, -0.15) is 0 Å². The smallest absolute Gasteiger partial charge is 0.201 e. The Morgan fingerprint density at radius 1 is 0.455 bits per heavy atom. The molecule has 5 aromatic rings. The molecule has 0 aliphatic carbocycles. The zero-order valence-electron chi connectivity index (χ0n) is 19.4. The summed E-state index contributed by atoms with van der Waals surface area (Å²) < 4.78 is 4.39. The summed E-state index contributed by atoms with van der Waals surface area (Å²) in [6.07, 6.45) is 4.22. The maximum Gasteiger partial charge on any atom is 0.212 e. The Hall–Kier alpha value is -4.04. The molecule has 0 unspecified atom stereocenters. The predicted molar refractivity (Wildman–Crippen MR) is 135 cm³/mol. The highest BCUT2D eigenvalue weighted by Crippen LogP contribution is 2.35. The molecule has 0 amide bonds. The van der Waals surface area contributed by atoms with E-state index in [-0.39, 0.29) is 0 Å². The lowest BCUT2D eigenvalue weighted by molar-refractivity contribution is -0.660. The fourth-order valence-electron chi connectivity index (χ4n) is 4.51. The Morgan fingerprint density at radius 3 is 1.36 bits per heavy atom. The summed E-state index contributed by atoms with van der Waals surface area (Å²) in [6.45, 7) is 2.23. The molecule has 5 rings (SSSR count). The Balaban J connectivity index is 1.69. The zero-order chi connectivity index (χ0) is 22.8. The molecule has 0 N–H and O–H groups in total. The summed E-state index contributed by atoms with van der Waals surface area (Å²) in [5, 5.41) is 0. The number of hydrogen-bond acceptors (Lipinski definition) is 0. The van der Waals surface area contributed by atoms with Crippen LogP contribution < -0.4 is 9.13 Å². The average molecular weight is 429 g/mol. The van der Waals surface area contributed by atoms with Gasteiger partial charge >= 0.3 is 0 Å². The van der Waals surface area contributed by atoms with E-state index >= 15 is 0 Å². The lowest BCUT2D eigenvalue weighted by atomic mass is 9.91. The Kier molecular flexibility index (Phi) is 5.58. The van der Waals surface area contributed by atoms with Gasteiger partial charge in [0, 0.05) is 24.3 Å². The number of aromatic nitrogens is 2. The summed E-state index contributed by atoms with van der Waals surface area (Å²) in [5.41, 5.74) is 11.1. The Labute approximate surface area is 196 Å². The first-order chi connectivity index (χ1) is 16.1. The molecule has 0 radical (unpaired) electrons. The van der Waals surface area contributed by atoms with Crippen LogP contribution in [0.5, 0.6) is 0 Å². The summed E-state index contributed by atoms with van der Waals surface area (Å²) >= 11 is 0. The van der Waals surface area contributed by atoms with E-state index in [1.165, 1.54) is 50.3 Å². The standard InChI is InChI=1S/C31H28N2/c1-23-28(30-13-7-9-19-32(30)2)21-27(22-29(23)31-14-8-10-20-33(31)3)26-17-15-25(16-18-26)24-11-5-4-6-12-24/h4-22H,1-3H3/q+2. The quantitative estimate of drug-likeness (QED) is 0.296. The predicted octanol–water partition coefficient (Wildman–Crippen LogP) is 6.31. The van der Waals surface area contributed by atoms with Crippen LogP contribution in [-0.2, 0) is 14.1 Å². The molecule has 2 nitrogen and oxygen atoms in total. The minimum Gasteiger partial charge on any atom is -0.201 e.